The molecule has 3 heteroatoms. The maximum absolute atomic E-state index is 8.91. The molecule has 0 bridgehead atoms. The number of hydrogen-bond donors (Lipinski definition) is 1. The van der Waals surface area contributed by atoms with Crippen molar-refractivity contribution < 1.29 is 14.6 Å². The summed E-state index contributed by atoms with van der Waals surface area (Å²) in [7, 11) is 0. The van der Waals surface area contributed by atoms with Gasteiger partial charge in [-0.05, 0) is 29.8 Å². The van der Waals surface area contributed by atoms with Crippen molar-refractivity contribution in [1.82, 2.24) is 0 Å². The van der Waals surface area contributed by atoms with Gasteiger partial charge in [-0.2, -0.15) is 0 Å². The van der Waals surface area contributed by atoms with Gasteiger partial charge in [0.05, 0.1) is 6.61 Å². The van der Waals surface area contributed by atoms with E-state index in [-0.39, 0.29) is 6.61 Å². The lowest BCUT2D eigenvalue weighted by Gasteiger charge is -2.08. The fourth-order valence-electron chi connectivity index (χ4n) is 1.53. The summed E-state index contributed by atoms with van der Waals surface area (Å²) in [4.78, 5) is 0. The molecule has 2 aromatic carbocycles. The fraction of sp³-hybridized carbons (Fsp3) is 0.200. The van der Waals surface area contributed by atoms with E-state index in [4.69, 9.17) is 14.6 Å². The van der Waals surface area contributed by atoms with Gasteiger partial charge >= 0.3 is 0 Å². The first-order chi connectivity index (χ1) is 8.88. The number of benzene rings is 2. The number of ether oxygens (including phenoxy) is 2. The Hall–Kier alpha value is -2.00. The van der Waals surface area contributed by atoms with Crippen molar-refractivity contribution in [3.8, 4) is 11.5 Å². The van der Waals surface area contributed by atoms with Crippen LogP contribution < -0.4 is 9.47 Å². The van der Waals surface area contributed by atoms with E-state index in [9.17, 15) is 0 Å². The quantitative estimate of drug-likeness (QED) is 0.794. The van der Waals surface area contributed by atoms with Gasteiger partial charge in [0.2, 0.25) is 0 Å². The smallest absolute Gasteiger partial charge is 0.122 e. The summed E-state index contributed by atoms with van der Waals surface area (Å²) >= 11 is 0. The molecular weight excluding hydrogens is 228 g/mol. The molecule has 0 unspecified atom stereocenters. The average Bonchev–Trinajstić information content (AvgIpc) is 2.45. The highest BCUT2D eigenvalue weighted by atomic mass is 16.5. The van der Waals surface area contributed by atoms with Crippen molar-refractivity contribution >= 4 is 0 Å². The third kappa shape index (κ3) is 3.79. The molecule has 0 aliphatic carbocycles. The summed E-state index contributed by atoms with van der Waals surface area (Å²) < 4.78 is 11.0. The van der Waals surface area contributed by atoms with Gasteiger partial charge in [0, 0.05) is 0 Å². The van der Waals surface area contributed by atoms with E-state index in [1.54, 1.807) is 0 Å². The topological polar surface area (TPSA) is 38.7 Å². The van der Waals surface area contributed by atoms with Crippen molar-refractivity contribution in [3.63, 3.8) is 0 Å². The molecule has 0 heterocycles. The lowest BCUT2D eigenvalue weighted by Crippen LogP contribution is -2.08. The minimum absolute atomic E-state index is 0.0530. The van der Waals surface area contributed by atoms with Crippen LogP contribution >= 0.6 is 0 Å². The van der Waals surface area contributed by atoms with E-state index in [2.05, 4.69) is 0 Å². The van der Waals surface area contributed by atoms with Crippen molar-refractivity contribution in [2.24, 2.45) is 0 Å². The van der Waals surface area contributed by atoms with Gasteiger partial charge in [0.25, 0.3) is 0 Å². The van der Waals surface area contributed by atoms with Gasteiger partial charge in [-0.3, -0.25) is 0 Å². The Morgan fingerprint density at radius 3 is 1.83 bits per heavy atom. The molecule has 3 nitrogen and oxygen atoms in total. The largest absolute Gasteiger partial charge is 0.490 e. The van der Waals surface area contributed by atoms with Crippen LogP contribution in [0.15, 0.2) is 54.6 Å². The van der Waals surface area contributed by atoms with Crippen LogP contribution in [-0.2, 0) is 6.61 Å². The zero-order chi connectivity index (χ0) is 12.6. The maximum Gasteiger partial charge on any atom is 0.122 e. The van der Waals surface area contributed by atoms with Gasteiger partial charge in [-0.1, -0.05) is 30.3 Å². The first kappa shape index (κ1) is 12.5. The van der Waals surface area contributed by atoms with E-state index in [0.717, 1.165) is 17.1 Å². The molecule has 0 amide bonds. The van der Waals surface area contributed by atoms with E-state index in [0.29, 0.717) is 13.2 Å². The van der Waals surface area contributed by atoms with Gasteiger partial charge in [-0.25, -0.2) is 0 Å². The zero-order valence-corrected chi connectivity index (χ0v) is 10.1. The highest BCUT2D eigenvalue weighted by molar-refractivity contribution is 5.26. The first-order valence-electron chi connectivity index (χ1n) is 5.89. The summed E-state index contributed by atoms with van der Waals surface area (Å²) in [5, 5.41) is 8.91. The van der Waals surface area contributed by atoms with Crippen LogP contribution in [0.3, 0.4) is 0 Å². The summed E-state index contributed by atoms with van der Waals surface area (Å²) in [6.07, 6.45) is 0. The highest BCUT2D eigenvalue weighted by Crippen LogP contribution is 2.12. The zero-order valence-electron chi connectivity index (χ0n) is 10.1. The molecule has 0 radical (unpaired) electrons. The van der Waals surface area contributed by atoms with E-state index < -0.39 is 0 Å². The summed E-state index contributed by atoms with van der Waals surface area (Å²) in [6.45, 7) is 1.05. The Kier molecular flexibility index (Phi) is 4.61. The van der Waals surface area contributed by atoms with Crippen LogP contribution in [0.25, 0.3) is 0 Å². The third-order valence-corrected chi connectivity index (χ3v) is 2.47. The monoisotopic (exact) mass is 244 g/mol. The molecule has 0 spiro atoms. The van der Waals surface area contributed by atoms with Crippen LogP contribution in [0.1, 0.15) is 5.56 Å². The molecule has 1 N–H and O–H groups in total. The minimum Gasteiger partial charge on any atom is -0.490 e. The van der Waals surface area contributed by atoms with Crippen molar-refractivity contribution in [2.45, 2.75) is 6.61 Å². The van der Waals surface area contributed by atoms with Gasteiger partial charge in [0.1, 0.15) is 24.7 Å². The molecule has 0 saturated carbocycles. The summed E-state index contributed by atoms with van der Waals surface area (Å²) in [5.41, 5.74) is 0.878. The van der Waals surface area contributed by atoms with E-state index >= 15 is 0 Å². The predicted octanol–water partition coefficient (Wildman–Crippen LogP) is 2.64. The number of aliphatic hydroxyl groups is 1. The Balaban J connectivity index is 1.72. The second-order valence-electron chi connectivity index (χ2n) is 3.81. The second-order valence-corrected chi connectivity index (χ2v) is 3.81. The Bertz CT molecular complexity index is 451. The molecule has 0 atom stereocenters. The van der Waals surface area contributed by atoms with E-state index in [1.807, 2.05) is 54.6 Å². The highest BCUT2D eigenvalue weighted by Gasteiger charge is 1.95. The van der Waals surface area contributed by atoms with Crippen LogP contribution in [0.5, 0.6) is 11.5 Å². The van der Waals surface area contributed by atoms with Crippen molar-refractivity contribution in [1.29, 1.82) is 0 Å². The standard InChI is InChI=1S/C15H16O3/c16-12-13-6-8-15(9-7-13)18-11-10-17-14-4-2-1-3-5-14/h1-9,16H,10-12H2. The summed E-state index contributed by atoms with van der Waals surface area (Å²) in [5.74, 6) is 1.63. The normalized spacial score (nSPS) is 10.1. The molecule has 0 aromatic heterocycles. The van der Waals surface area contributed by atoms with Gasteiger partial charge in [0.15, 0.2) is 0 Å². The maximum atomic E-state index is 8.91. The van der Waals surface area contributed by atoms with Crippen molar-refractivity contribution in [2.75, 3.05) is 13.2 Å². The molecule has 0 fully saturated rings. The molecule has 94 valence electrons. The van der Waals surface area contributed by atoms with Crippen LogP contribution in [0, 0.1) is 0 Å². The SMILES string of the molecule is OCc1ccc(OCCOc2ccccc2)cc1. The number of aliphatic hydroxyl groups excluding tert-OH is 1. The molecule has 2 rings (SSSR count). The molecular formula is C15H16O3. The van der Waals surface area contributed by atoms with Gasteiger partial charge in [-0.15, -0.1) is 0 Å². The van der Waals surface area contributed by atoms with Gasteiger partial charge < -0.3 is 14.6 Å². The Morgan fingerprint density at radius 1 is 0.722 bits per heavy atom. The number of rotatable bonds is 6. The number of hydrogen-bond acceptors (Lipinski definition) is 3. The number of para-hydroxylation sites is 1. The average molecular weight is 244 g/mol. The molecule has 18 heavy (non-hydrogen) atoms. The molecule has 2 aromatic rings. The van der Waals surface area contributed by atoms with Crippen LogP contribution in [0.2, 0.25) is 0 Å². The third-order valence-electron chi connectivity index (χ3n) is 2.47. The minimum atomic E-state index is 0.0530. The predicted molar refractivity (Wildman–Crippen MR) is 69.8 cm³/mol. The molecule has 0 aliphatic heterocycles. The molecule has 0 saturated heterocycles. The summed E-state index contributed by atoms with van der Waals surface area (Å²) in [6, 6.07) is 17.0. The van der Waals surface area contributed by atoms with Crippen molar-refractivity contribution in [3.05, 3.63) is 60.2 Å². The van der Waals surface area contributed by atoms with Crippen LogP contribution in [-0.4, -0.2) is 18.3 Å². The fourth-order valence-corrected chi connectivity index (χ4v) is 1.53. The second kappa shape index (κ2) is 6.67. The van der Waals surface area contributed by atoms with E-state index in [1.165, 1.54) is 0 Å². The lowest BCUT2D eigenvalue weighted by molar-refractivity contribution is 0.217. The Labute approximate surface area is 107 Å². The van der Waals surface area contributed by atoms with Crippen LogP contribution in [0.4, 0.5) is 0 Å². The lowest BCUT2D eigenvalue weighted by atomic mass is 10.2. The Morgan fingerprint density at radius 2 is 1.28 bits per heavy atom. The first-order valence-corrected chi connectivity index (χ1v) is 5.89. The molecule has 0 aliphatic rings.